The van der Waals surface area contributed by atoms with Crippen molar-refractivity contribution in [3.63, 3.8) is 0 Å². The lowest BCUT2D eigenvalue weighted by Crippen LogP contribution is -2.29. The second-order valence-corrected chi connectivity index (χ2v) is 5.79. The summed E-state index contributed by atoms with van der Waals surface area (Å²) in [4.78, 5) is 12.8. The molecule has 0 amide bonds. The van der Waals surface area contributed by atoms with Crippen molar-refractivity contribution in [2.24, 2.45) is 5.73 Å². The highest BCUT2D eigenvalue weighted by atomic mass is 16.1. The van der Waals surface area contributed by atoms with Crippen molar-refractivity contribution in [2.75, 3.05) is 26.2 Å². The molecule has 0 aromatic heterocycles. The van der Waals surface area contributed by atoms with Gasteiger partial charge in [-0.3, -0.25) is 4.90 Å². The Morgan fingerprint density at radius 1 is 0.800 bits per heavy atom. The van der Waals surface area contributed by atoms with E-state index in [2.05, 4.69) is 11.8 Å². The minimum atomic E-state index is 0.567. The van der Waals surface area contributed by atoms with Crippen molar-refractivity contribution in [1.82, 2.24) is 4.90 Å². The summed E-state index contributed by atoms with van der Waals surface area (Å²) in [5.74, 6) is 0. The van der Waals surface area contributed by atoms with E-state index in [0.29, 0.717) is 13.1 Å². The summed E-state index contributed by atoms with van der Waals surface area (Å²) < 4.78 is 0. The number of hydrogen-bond donors (Lipinski definition) is 1. The molecule has 0 aromatic carbocycles. The number of carbonyl (C=O) groups excluding carboxylic acids is 1. The first-order valence-electron chi connectivity index (χ1n) is 8.71. The highest BCUT2D eigenvalue weighted by Crippen LogP contribution is 2.10. The van der Waals surface area contributed by atoms with E-state index in [-0.39, 0.29) is 0 Å². The third-order valence-corrected chi connectivity index (χ3v) is 3.84. The summed E-state index contributed by atoms with van der Waals surface area (Å²) >= 11 is 0. The third-order valence-electron chi connectivity index (χ3n) is 3.84. The topological polar surface area (TPSA) is 46.3 Å². The van der Waals surface area contributed by atoms with E-state index >= 15 is 0 Å². The Morgan fingerprint density at radius 3 is 1.80 bits per heavy atom. The number of unbranched alkanes of at least 4 members (excludes halogenated alkanes) is 9. The zero-order valence-corrected chi connectivity index (χ0v) is 13.6. The Bertz CT molecular complexity index is 197. The smallest absolute Gasteiger partial charge is 0.133 e. The Kier molecular flexibility index (Phi) is 16.3. The molecular formula is C17H36N2O. The summed E-state index contributed by atoms with van der Waals surface area (Å²) in [6, 6.07) is 0. The van der Waals surface area contributed by atoms with Crippen molar-refractivity contribution in [3.8, 4) is 0 Å². The van der Waals surface area contributed by atoms with Crippen LogP contribution in [-0.2, 0) is 4.79 Å². The predicted molar refractivity (Wildman–Crippen MR) is 88.0 cm³/mol. The lowest BCUT2D eigenvalue weighted by Gasteiger charge is -2.18. The molecule has 0 saturated carbocycles. The summed E-state index contributed by atoms with van der Waals surface area (Å²) in [6.07, 6.45) is 15.6. The SMILES string of the molecule is CCCCCCCCCCCCN(CC=O)CCCN. The van der Waals surface area contributed by atoms with Gasteiger partial charge in [0.05, 0.1) is 6.54 Å². The monoisotopic (exact) mass is 284 g/mol. The highest BCUT2D eigenvalue weighted by Gasteiger charge is 2.02. The normalized spacial score (nSPS) is 11.2. The van der Waals surface area contributed by atoms with Crippen LogP contribution in [0.1, 0.15) is 77.6 Å². The number of hydrogen-bond acceptors (Lipinski definition) is 3. The summed E-state index contributed by atoms with van der Waals surface area (Å²) in [5.41, 5.74) is 5.51. The predicted octanol–water partition coefficient (Wildman–Crippen LogP) is 3.76. The maximum atomic E-state index is 10.6. The van der Waals surface area contributed by atoms with Crippen LogP contribution in [0.4, 0.5) is 0 Å². The molecule has 0 fully saturated rings. The van der Waals surface area contributed by atoms with Crippen molar-refractivity contribution in [1.29, 1.82) is 0 Å². The molecule has 0 heterocycles. The molecule has 0 aliphatic heterocycles. The molecule has 20 heavy (non-hydrogen) atoms. The summed E-state index contributed by atoms with van der Waals surface area (Å²) in [5, 5.41) is 0. The zero-order valence-electron chi connectivity index (χ0n) is 13.6. The van der Waals surface area contributed by atoms with Crippen LogP contribution in [-0.4, -0.2) is 37.4 Å². The Balaban J connectivity index is 3.29. The maximum Gasteiger partial charge on any atom is 0.133 e. The molecule has 120 valence electrons. The van der Waals surface area contributed by atoms with Gasteiger partial charge < -0.3 is 10.5 Å². The molecule has 3 heteroatoms. The van der Waals surface area contributed by atoms with Crippen LogP contribution < -0.4 is 5.73 Å². The lowest BCUT2D eigenvalue weighted by molar-refractivity contribution is -0.108. The molecule has 0 atom stereocenters. The minimum Gasteiger partial charge on any atom is -0.330 e. The van der Waals surface area contributed by atoms with E-state index in [0.717, 1.165) is 25.8 Å². The van der Waals surface area contributed by atoms with Crippen molar-refractivity contribution >= 4 is 6.29 Å². The number of nitrogens with zero attached hydrogens (tertiary/aromatic N) is 1. The maximum absolute atomic E-state index is 10.6. The van der Waals surface area contributed by atoms with Gasteiger partial charge in [-0.2, -0.15) is 0 Å². The first-order chi connectivity index (χ1) is 9.85. The fraction of sp³-hybridized carbons (Fsp3) is 0.941. The quantitative estimate of drug-likeness (QED) is 0.347. The molecule has 0 aliphatic carbocycles. The van der Waals surface area contributed by atoms with Crippen LogP contribution in [0.25, 0.3) is 0 Å². The van der Waals surface area contributed by atoms with Crippen molar-refractivity contribution < 1.29 is 4.79 Å². The molecule has 0 aromatic rings. The van der Waals surface area contributed by atoms with Crippen molar-refractivity contribution in [2.45, 2.75) is 77.6 Å². The van der Waals surface area contributed by atoms with Gasteiger partial charge in [-0.05, 0) is 32.5 Å². The first kappa shape index (κ1) is 19.6. The van der Waals surface area contributed by atoms with E-state index in [1.807, 2.05) is 0 Å². The van der Waals surface area contributed by atoms with Gasteiger partial charge in [0.2, 0.25) is 0 Å². The molecule has 0 unspecified atom stereocenters. The van der Waals surface area contributed by atoms with Crippen LogP contribution in [0.3, 0.4) is 0 Å². The van der Waals surface area contributed by atoms with Gasteiger partial charge in [0.25, 0.3) is 0 Å². The average molecular weight is 284 g/mol. The molecule has 0 rings (SSSR count). The van der Waals surface area contributed by atoms with Crippen LogP contribution in [0.2, 0.25) is 0 Å². The third kappa shape index (κ3) is 14.0. The Labute approximate surface area is 126 Å². The van der Waals surface area contributed by atoms with E-state index < -0.39 is 0 Å². The van der Waals surface area contributed by atoms with Gasteiger partial charge in [0, 0.05) is 0 Å². The molecular weight excluding hydrogens is 248 g/mol. The Hall–Kier alpha value is -0.410. The highest BCUT2D eigenvalue weighted by molar-refractivity contribution is 5.51. The zero-order chi connectivity index (χ0) is 14.9. The molecule has 0 aliphatic rings. The van der Waals surface area contributed by atoms with Crippen molar-refractivity contribution in [3.05, 3.63) is 0 Å². The van der Waals surface area contributed by atoms with Gasteiger partial charge in [0.15, 0.2) is 0 Å². The molecule has 0 radical (unpaired) electrons. The summed E-state index contributed by atoms with van der Waals surface area (Å²) in [7, 11) is 0. The largest absolute Gasteiger partial charge is 0.330 e. The van der Waals surface area contributed by atoms with Gasteiger partial charge in [-0.25, -0.2) is 0 Å². The van der Waals surface area contributed by atoms with Gasteiger partial charge in [0.1, 0.15) is 6.29 Å². The fourth-order valence-corrected chi connectivity index (χ4v) is 2.54. The van der Waals surface area contributed by atoms with E-state index in [1.54, 1.807) is 0 Å². The van der Waals surface area contributed by atoms with E-state index in [1.165, 1.54) is 64.2 Å². The number of rotatable bonds is 16. The number of nitrogens with two attached hydrogens (primary N) is 1. The van der Waals surface area contributed by atoms with Crippen LogP contribution in [0, 0.1) is 0 Å². The molecule has 0 spiro atoms. The van der Waals surface area contributed by atoms with Crippen LogP contribution >= 0.6 is 0 Å². The minimum absolute atomic E-state index is 0.567. The Morgan fingerprint density at radius 2 is 1.30 bits per heavy atom. The van der Waals surface area contributed by atoms with Gasteiger partial charge >= 0.3 is 0 Å². The molecule has 0 bridgehead atoms. The number of aldehydes is 1. The molecule has 3 nitrogen and oxygen atoms in total. The first-order valence-corrected chi connectivity index (χ1v) is 8.71. The molecule has 0 saturated heterocycles. The standard InChI is InChI=1S/C17H36N2O/c1-2-3-4-5-6-7-8-9-10-11-14-19(16-17-20)15-12-13-18/h17H,2-16,18H2,1H3. The van der Waals surface area contributed by atoms with E-state index in [4.69, 9.17) is 5.73 Å². The van der Waals surface area contributed by atoms with E-state index in [9.17, 15) is 4.79 Å². The second-order valence-electron chi connectivity index (χ2n) is 5.79. The number of carbonyl (C=O) groups is 1. The van der Waals surface area contributed by atoms with Gasteiger partial charge in [-0.1, -0.05) is 64.7 Å². The van der Waals surface area contributed by atoms with Gasteiger partial charge in [-0.15, -0.1) is 0 Å². The summed E-state index contributed by atoms with van der Waals surface area (Å²) in [6.45, 7) is 5.56. The second kappa shape index (κ2) is 16.6. The average Bonchev–Trinajstić information content (AvgIpc) is 2.46. The fourth-order valence-electron chi connectivity index (χ4n) is 2.54. The lowest BCUT2D eigenvalue weighted by atomic mass is 10.1. The van der Waals surface area contributed by atoms with Crippen LogP contribution in [0.15, 0.2) is 0 Å². The molecule has 2 N–H and O–H groups in total. The van der Waals surface area contributed by atoms with Crippen LogP contribution in [0.5, 0.6) is 0 Å².